The number of nitrogens with two attached hydrogens (primary N) is 1. The Labute approximate surface area is 76.8 Å². The number of rotatable bonds is 4. The lowest BCUT2D eigenvalue weighted by atomic mass is 10.1. The van der Waals surface area contributed by atoms with Gasteiger partial charge >= 0.3 is 0 Å². The first kappa shape index (κ1) is 9.98. The van der Waals surface area contributed by atoms with Crippen LogP contribution in [0.2, 0.25) is 0 Å². The fourth-order valence-corrected chi connectivity index (χ4v) is 1.38. The van der Waals surface area contributed by atoms with Crippen LogP contribution >= 0.6 is 0 Å². The molecular weight excluding hydrogens is 172 g/mol. The van der Waals surface area contributed by atoms with E-state index >= 15 is 0 Å². The van der Waals surface area contributed by atoms with E-state index in [1.165, 1.54) is 0 Å². The first-order chi connectivity index (χ1) is 6.15. The summed E-state index contributed by atoms with van der Waals surface area (Å²) in [6, 6.07) is 0. The second kappa shape index (κ2) is 4.23. The van der Waals surface area contributed by atoms with E-state index in [9.17, 15) is 9.59 Å². The van der Waals surface area contributed by atoms with Gasteiger partial charge in [-0.1, -0.05) is 0 Å². The lowest BCUT2D eigenvalue weighted by Crippen LogP contribution is -2.31. The third kappa shape index (κ3) is 2.42. The molecule has 1 aliphatic rings. The van der Waals surface area contributed by atoms with Crippen LogP contribution in [0.15, 0.2) is 0 Å². The van der Waals surface area contributed by atoms with E-state index in [4.69, 9.17) is 10.5 Å². The van der Waals surface area contributed by atoms with Crippen LogP contribution in [-0.2, 0) is 14.3 Å². The van der Waals surface area contributed by atoms with Gasteiger partial charge in [-0.15, -0.1) is 0 Å². The van der Waals surface area contributed by atoms with E-state index < -0.39 is 5.91 Å². The predicted octanol–water partition coefficient (Wildman–Crippen LogP) is -1.03. The fourth-order valence-electron chi connectivity index (χ4n) is 1.38. The molecule has 0 spiro atoms. The van der Waals surface area contributed by atoms with Gasteiger partial charge in [0, 0.05) is 26.6 Å². The highest BCUT2D eigenvalue weighted by molar-refractivity contribution is 5.88. The molecule has 5 heteroatoms. The minimum absolute atomic E-state index is 0.0131. The predicted molar refractivity (Wildman–Crippen MR) is 45.8 cm³/mol. The average molecular weight is 186 g/mol. The number of nitrogens with zero attached hydrogens (tertiary/aromatic N) is 1. The third-order valence-electron chi connectivity index (χ3n) is 2.18. The second-order valence-electron chi connectivity index (χ2n) is 3.14. The Hall–Kier alpha value is -1.10. The first-order valence-electron chi connectivity index (χ1n) is 4.21. The van der Waals surface area contributed by atoms with Crippen LogP contribution in [0.1, 0.15) is 6.42 Å². The number of carbonyl (C=O) groups is 2. The summed E-state index contributed by atoms with van der Waals surface area (Å²) in [6.45, 7) is 1.48. The second-order valence-corrected chi connectivity index (χ2v) is 3.14. The lowest BCUT2D eigenvalue weighted by molar-refractivity contribution is -0.128. The minimum Gasteiger partial charge on any atom is -0.383 e. The van der Waals surface area contributed by atoms with E-state index in [0.29, 0.717) is 19.7 Å². The summed E-state index contributed by atoms with van der Waals surface area (Å²) in [5, 5.41) is 0. The molecule has 1 aliphatic heterocycles. The standard InChI is InChI=1S/C8H14N2O3/c1-13-3-2-10-5-6(8(9)12)4-7(10)11/h6H,2-5H2,1H3,(H2,9,12)/t6-/m0/s1. The number of carbonyl (C=O) groups excluding carboxylic acids is 2. The molecule has 0 bridgehead atoms. The Balaban J connectivity index is 2.42. The molecule has 74 valence electrons. The van der Waals surface area contributed by atoms with Crippen molar-refractivity contribution in [1.82, 2.24) is 4.90 Å². The Morgan fingerprint density at radius 2 is 2.46 bits per heavy atom. The van der Waals surface area contributed by atoms with Crippen LogP contribution < -0.4 is 5.73 Å². The largest absolute Gasteiger partial charge is 0.383 e. The molecule has 13 heavy (non-hydrogen) atoms. The molecule has 1 atom stereocenters. The van der Waals surface area contributed by atoms with Crippen molar-refractivity contribution in [2.45, 2.75) is 6.42 Å². The van der Waals surface area contributed by atoms with Crippen LogP contribution in [0.4, 0.5) is 0 Å². The van der Waals surface area contributed by atoms with Gasteiger partial charge in [-0.25, -0.2) is 0 Å². The number of ether oxygens (including phenoxy) is 1. The van der Waals surface area contributed by atoms with Crippen molar-refractivity contribution >= 4 is 11.8 Å². The van der Waals surface area contributed by atoms with E-state index in [2.05, 4.69) is 0 Å². The Bertz CT molecular complexity index is 217. The van der Waals surface area contributed by atoms with Crippen molar-refractivity contribution in [3.8, 4) is 0 Å². The Morgan fingerprint density at radius 3 is 2.92 bits per heavy atom. The van der Waals surface area contributed by atoms with Crippen LogP contribution in [0.5, 0.6) is 0 Å². The zero-order chi connectivity index (χ0) is 9.84. The van der Waals surface area contributed by atoms with Gasteiger partial charge in [0.1, 0.15) is 0 Å². The summed E-state index contributed by atoms with van der Waals surface area (Å²) >= 11 is 0. The normalized spacial score (nSPS) is 22.4. The van der Waals surface area contributed by atoms with Crippen molar-refractivity contribution in [2.75, 3.05) is 26.8 Å². The summed E-state index contributed by atoms with van der Waals surface area (Å²) in [6.07, 6.45) is 0.249. The summed E-state index contributed by atoms with van der Waals surface area (Å²) in [4.78, 5) is 23.6. The fraction of sp³-hybridized carbons (Fsp3) is 0.750. The molecule has 0 unspecified atom stereocenters. The zero-order valence-electron chi connectivity index (χ0n) is 7.66. The molecule has 0 aromatic carbocycles. The third-order valence-corrected chi connectivity index (χ3v) is 2.18. The Morgan fingerprint density at radius 1 is 1.77 bits per heavy atom. The molecule has 1 heterocycles. The number of hydrogen-bond acceptors (Lipinski definition) is 3. The maximum Gasteiger partial charge on any atom is 0.223 e. The van der Waals surface area contributed by atoms with Gasteiger partial charge in [0.2, 0.25) is 11.8 Å². The van der Waals surface area contributed by atoms with Gasteiger partial charge < -0.3 is 15.4 Å². The molecule has 0 radical (unpaired) electrons. The van der Waals surface area contributed by atoms with E-state index in [-0.39, 0.29) is 18.2 Å². The monoisotopic (exact) mass is 186 g/mol. The molecule has 0 saturated carbocycles. The van der Waals surface area contributed by atoms with Crippen LogP contribution in [0.3, 0.4) is 0 Å². The average Bonchev–Trinajstić information content (AvgIpc) is 2.44. The van der Waals surface area contributed by atoms with Gasteiger partial charge in [-0.3, -0.25) is 9.59 Å². The highest BCUT2D eigenvalue weighted by atomic mass is 16.5. The number of amides is 2. The number of likely N-dealkylation sites (tertiary alicyclic amines) is 1. The first-order valence-corrected chi connectivity index (χ1v) is 4.21. The SMILES string of the molecule is COCCN1C[C@@H](C(N)=O)CC1=O. The van der Waals surface area contributed by atoms with Crippen LogP contribution in [0.25, 0.3) is 0 Å². The van der Waals surface area contributed by atoms with Crippen LogP contribution in [0, 0.1) is 5.92 Å². The molecule has 2 amide bonds. The smallest absolute Gasteiger partial charge is 0.223 e. The molecule has 2 N–H and O–H groups in total. The number of methoxy groups -OCH3 is 1. The van der Waals surface area contributed by atoms with Gasteiger partial charge in [-0.2, -0.15) is 0 Å². The zero-order valence-corrected chi connectivity index (χ0v) is 7.66. The van der Waals surface area contributed by atoms with E-state index in [0.717, 1.165) is 0 Å². The van der Waals surface area contributed by atoms with Crippen molar-refractivity contribution in [1.29, 1.82) is 0 Å². The van der Waals surface area contributed by atoms with Gasteiger partial charge in [0.05, 0.1) is 12.5 Å². The molecule has 5 nitrogen and oxygen atoms in total. The number of primary amides is 1. The molecule has 1 rings (SSSR count). The molecule has 0 aromatic rings. The van der Waals surface area contributed by atoms with E-state index in [1.807, 2.05) is 0 Å². The maximum absolute atomic E-state index is 11.3. The number of hydrogen-bond donors (Lipinski definition) is 1. The summed E-state index contributed by atoms with van der Waals surface area (Å²) in [5.41, 5.74) is 5.10. The lowest BCUT2D eigenvalue weighted by Gasteiger charge is -2.14. The molecule has 1 fully saturated rings. The summed E-state index contributed by atoms with van der Waals surface area (Å²) < 4.78 is 4.84. The van der Waals surface area contributed by atoms with E-state index in [1.54, 1.807) is 12.0 Å². The van der Waals surface area contributed by atoms with Gasteiger partial charge in [-0.05, 0) is 0 Å². The maximum atomic E-state index is 11.3. The highest BCUT2D eigenvalue weighted by Crippen LogP contribution is 2.16. The van der Waals surface area contributed by atoms with Crippen molar-refractivity contribution in [3.05, 3.63) is 0 Å². The quantitative estimate of drug-likeness (QED) is 0.610. The van der Waals surface area contributed by atoms with Gasteiger partial charge in [0.15, 0.2) is 0 Å². The molecule has 0 aliphatic carbocycles. The van der Waals surface area contributed by atoms with Crippen molar-refractivity contribution in [3.63, 3.8) is 0 Å². The Kier molecular flexibility index (Phi) is 3.25. The van der Waals surface area contributed by atoms with Crippen LogP contribution in [-0.4, -0.2) is 43.5 Å². The summed E-state index contributed by atoms with van der Waals surface area (Å²) in [7, 11) is 1.58. The van der Waals surface area contributed by atoms with Gasteiger partial charge in [0.25, 0.3) is 0 Å². The summed E-state index contributed by atoms with van der Waals surface area (Å²) in [5.74, 6) is -0.724. The minimum atomic E-state index is -0.395. The molecular formula is C8H14N2O3. The topological polar surface area (TPSA) is 72.6 Å². The molecule has 1 saturated heterocycles. The molecule has 0 aromatic heterocycles. The van der Waals surface area contributed by atoms with Crippen molar-refractivity contribution < 1.29 is 14.3 Å². The highest BCUT2D eigenvalue weighted by Gasteiger charge is 2.32. The van der Waals surface area contributed by atoms with Crippen molar-refractivity contribution in [2.24, 2.45) is 11.7 Å².